The second-order valence-corrected chi connectivity index (χ2v) is 8.59. The molecule has 0 spiro atoms. The molecule has 5 rings (SSSR count). The Morgan fingerprint density at radius 1 is 1.03 bits per heavy atom. The van der Waals surface area contributed by atoms with E-state index in [0.717, 1.165) is 55.6 Å². The van der Waals surface area contributed by atoms with Gasteiger partial charge in [-0.25, -0.2) is 14.6 Å². The second-order valence-electron chi connectivity index (χ2n) is 8.59. The summed E-state index contributed by atoms with van der Waals surface area (Å²) in [5.74, 6) is 1.87. The topological polar surface area (TPSA) is 73.1 Å². The molecule has 3 aromatic rings. The highest BCUT2D eigenvalue weighted by molar-refractivity contribution is 5.56. The van der Waals surface area contributed by atoms with Crippen LogP contribution in [0.5, 0.6) is 5.75 Å². The summed E-state index contributed by atoms with van der Waals surface area (Å²) >= 11 is 0. The van der Waals surface area contributed by atoms with E-state index in [4.69, 9.17) is 4.74 Å². The van der Waals surface area contributed by atoms with Gasteiger partial charge in [-0.3, -0.25) is 4.79 Å². The van der Waals surface area contributed by atoms with Crippen molar-refractivity contribution >= 4 is 0 Å². The number of benzene rings is 1. The molecule has 3 heterocycles. The molecule has 1 saturated heterocycles. The third kappa shape index (κ3) is 4.82. The van der Waals surface area contributed by atoms with Gasteiger partial charge in [0.1, 0.15) is 6.10 Å². The molecule has 0 unspecified atom stereocenters. The molecule has 1 aliphatic carbocycles. The highest BCUT2D eigenvalue weighted by atomic mass is 16.5. The lowest BCUT2D eigenvalue weighted by atomic mass is 10.1. The zero-order valence-electron chi connectivity index (χ0n) is 17.8. The molecule has 7 heteroatoms. The van der Waals surface area contributed by atoms with Gasteiger partial charge >= 0.3 is 0 Å². The largest absolute Gasteiger partial charge is 0.487 e. The van der Waals surface area contributed by atoms with Crippen LogP contribution < -0.4 is 10.3 Å². The standard InChI is InChI=1S/C24H27N5O2/c1-28-11-9-20(10-12-28)31-21-14-25-24(26-15-21)19-4-2-3-17(13-19)16-29-23(30)8-7-22(27-29)18-5-6-18/h2-4,7-8,13-15,18,20H,5-6,9-12,16H2,1H3. The van der Waals surface area contributed by atoms with Crippen LogP contribution in [-0.4, -0.2) is 50.9 Å². The van der Waals surface area contributed by atoms with Gasteiger partial charge in [0.05, 0.1) is 24.6 Å². The molecular formula is C24H27N5O2. The molecule has 1 saturated carbocycles. The fourth-order valence-corrected chi connectivity index (χ4v) is 3.98. The molecule has 0 atom stereocenters. The molecule has 1 aromatic carbocycles. The van der Waals surface area contributed by atoms with Crippen LogP contribution in [-0.2, 0) is 6.54 Å². The van der Waals surface area contributed by atoms with E-state index in [0.29, 0.717) is 24.0 Å². The van der Waals surface area contributed by atoms with Gasteiger partial charge in [0.2, 0.25) is 0 Å². The molecule has 1 aliphatic heterocycles. The van der Waals surface area contributed by atoms with Crippen molar-refractivity contribution in [2.75, 3.05) is 20.1 Å². The van der Waals surface area contributed by atoms with Crippen molar-refractivity contribution < 1.29 is 4.74 Å². The molecule has 7 nitrogen and oxygen atoms in total. The zero-order chi connectivity index (χ0) is 21.2. The van der Waals surface area contributed by atoms with Crippen molar-refractivity contribution in [3.63, 3.8) is 0 Å². The number of likely N-dealkylation sites (tertiary alicyclic amines) is 1. The van der Waals surface area contributed by atoms with Crippen molar-refractivity contribution in [1.29, 1.82) is 0 Å². The summed E-state index contributed by atoms with van der Waals surface area (Å²) in [5, 5.41) is 4.56. The van der Waals surface area contributed by atoms with Crippen molar-refractivity contribution in [1.82, 2.24) is 24.6 Å². The summed E-state index contributed by atoms with van der Waals surface area (Å²) in [6, 6.07) is 11.4. The van der Waals surface area contributed by atoms with E-state index < -0.39 is 0 Å². The normalized spacial score (nSPS) is 17.6. The van der Waals surface area contributed by atoms with Crippen LogP contribution in [0.15, 0.2) is 53.6 Å². The molecular weight excluding hydrogens is 390 g/mol. The number of aromatic nitrogens is 4. The van der Waals surface area contributed by atoms with Crippen molar-refractivity contribution in [3.8, 4) is 17.1 Å². The van der Waals surface area contributed by atoms with Crippen LogP contribution in [0.3, 0.4) is 0 Å². The van der Waals surface area contributed by atoms with Gasteiger partial charge in [-0.05, 0) is 50.4 Å². The smallest absolute Gasteiger partial charge is 0.267 e. The Morgan fingerprint density at radius 3 is 2.55 bits per heavy atom. The summed E-state index contributed by atoms with van der Waals surface area (Å²) in [7, 11) is 2.14. The molecule has 0 N–H and O–H groups in total. The van der Waals surface area contributed by atoms with Crippen LogP contribution in [0, 0.1) is 0 Å². The van der Waals surface area contributed by atoms with E-state index >= 15 is 0 Å². The quantitative estimate of drug-likeness (QED) is 0.614. The minimum absolute atomic E-state index is 0.0820. The van der Waals surface area contributed by atoms with E-state index in [1.165, 1.54) is 0 Å². The van der Waals surface area contributed by atoms with Gasteiger partial charge in [-0.1, -0.05) is 18.2 Å². The van der Waals surface area contributed by atoms with Crippen LogP contribution in [0.4, 0.5) is 0 Å². The average molecular weight is 418 g/mol. The van der Waals surface area contributed by atoms with Crippen LogP contribution in [0.1, 0.15) is 42.9 Å². The van der Waals surface area contributed by atoms with Crippen molar-refractivity contribution in [3.05, 3.63) is 70.4 Å². The summed E-state index contributed by atoms with van der Waals surface area (Å²) < 4.78 is 7.60. The Kier molecular flexibility index (Phi) is 5.51. The monoisotopic (exact) mass is 417 g/mol. The molecule has 2 fully saturated rings. The average Bonchev–Trinajstić information content (AvgIpc) is 3.63. The molecule has 160 valence electrons. The number of nitrogens with zero attached hydrogens (tertiary/aromatic N) is 5. The first-order valence-corrected chi connectivity index (χ1v) is 11.0. The molecule has 2 aliphatic rings. The van der Waals surface area contributed by atoms with Crippen LogP contribution >= 0.6 is 0 Å². The number of hydrogen-bond acceptors (Lipinski definition) is 6. The van der Waals surface area contributed by atoms with Crippen LogP contribution in [0.25, 0.3) is 11.4 Å². The van der Waals surface area contributed by atoms with E-state index in [1.54, 1.807) is 23.1 Å². The number of ether oxygens (including phenoxy) is 1. The minimum Gasteiger partial charge on any atom is -0.487 e. The third-order valence-corrected chi connectivity index (χ3v) is 6.00. The predicted octanol–water partition coefficient (Wildman–Crippen LogP) is 3.10. The fourth-order valence-electron chi connectivity index (χ4n) is 3.98. The first-order chi connectivity index (χ1) is 15.1. The first kappa shape index (κ1) is 19.9. The highest BCUT2D eigenvalue weighted by Crippen LogP contribution is 2.38. The number of hydrogen-bond donors (Lipinski definition) is 0. The Labute approximate surface area is 181 Å². The Bertz CT molecular complexity index is 1100. The lowest BCUT2D eigenvalue weighted by Crippen LogP contribution is -2.35. The summed E-state index contributed by atoms with van der Waals surface area (Å²) in [5.41, 5.74) is 2.84. The van der Waals surface area contributed by atoms with Crippen LogP contribution in [0.2, 0.25) is 0 Å². The molecule has 0 radical (unpaired) electrons. The second kappa shape index (κ2) is 8.59. The maximum absolute atomic E-state index is 12.3. The lowest BCUT2D eigenvalue weighted by molar-refractivity contribution is 0.113. The van der Waals surface area contributed by atoms with E-state index in [9.17, 15) is 4.79 Å². The molecule has 0 bridgehead atoms. The van der Waals surface area contributed by atoms with E-state index in [1.807, 2.05) is 30.3 Å². The van der Waals surface area contributed by atoms with E-state index in [-0.39, 0.29) is 11.7 Å². The Morgan fingerprint density at radius 2 is 1.81 bits per heavy atom. The maximum Gasteiger partial charge on any atom is 0.267 e. The first-order valence-electron chi connectivity index (χ1n) is 11.0. The van der Waals surface area contributed by atoms with Gasteiger partial charge in [0, 0.05) is 30.6 Å². The SMILES string of the molecule is CN1CCC(Oc2cnc(-c3cccc(Cn4nc(C5CC5)ccc4=O)c3)nc2)CC1. The Hall–Kier alpha value is -3.06. The van der Waals surface area contributed by atoms with Crippen molar-refractivity contribution in [2.24, 2.45) is 0 Å². The minimum atomic E-state index is -0.0820. The number of rotatable bonds is 6. The van der Waals surface area contributed by atoms with Gasteiger partial charge in [0.15, 0.2) is 11.6 Å². The summed E-state index contributed by atoms with van der Waals surface area (Å²) in [6.07, 6.45) is 8.10. The van der Waals surface area contributed by atoms with Gasteiger partial charge < -0.3 is 9.64 Å². The van der Waals surface area contributed by atoms with Gasteiger partial charge in [0.25, 0.3) is 5.56 Å². The maximum atomic E-state index is 12.3. The summed E-state index contributed by atoms with van der Waals surface area (Å²) in [6.45, 7) is 2.54. The fraction of sp³-hybridized carbons (Fsp3) is 0.417. The third-order valence-electron chi connectivity index (χ3n) is 6.00. The summed E-state index contributed by atoms with van der Waals surface area (Å²) in [4.78, 5) is 23.6. The molecule has 31 heavy (non-hydrogen) atoms. The predicted molar refractivity (Wildman–Crippen MR) is 118 cm³/mol. The highest BCUT2D eigenvalue weighted by Gasteiger charge is 2.25. The van der Waals surface area contributed by atoms with Gasteiger partial charge in [-0.2, -0.15) is 5.10 Å². The lowest BCUT2D eigenvalue weighted by Gasteiger charge is -2.29. The molecule has 2 aromatic heterocycles. The molecule has 0 amide bonds. The van der Waals surface area contributed by atoms with E-state index in [2.05, 4.69) is 27.0 Å². The Balaban J connectivity index is 1.29. The van der Waals surface area contributed by atoms with Gasteiger partial charge in [-0.15, -0.1) is 0 Å². The van der Waals surface area contributed by atoms with Crippen molar-refractivity contribution in [2.45, 2.75) is 44.2 Å². The number of piperidine rings is 1. The zero-order valence-corrected chi connectivity index (χ0v) is 17.8.